The highest BCUT2D eigenvalue weighted by Crippen LogP contribution is 2.19. The topological polar surface area (TPSA) is 26.3 Å². The molecular formula is C13H24O2. The van der Waals surface area contributed by atoms with Crippen molar-refractivity contribution in [1.82, 2.24) is 0 Å². The van der Waals surface area contributed by atoms with Gasteiger partial charge in [-0.25, -0.2) is 0 Å². The predicted octanol–water partition coefficient (Wildman–Crippen LogP) is 3.34. The summed E-state index contributed by atoms with van der Waals surface area (Å²) >= 11 is 0. The van der Waals surface area contributed by atoms with E-state index in [1.54, 1.807) is 0 Å². The Kier molecular flexibility index (Phi) is 5.92. The quantitative estimate of drug-likeness (QED) is 0.714. The van der Waals surface area contributed by atoms with Crippen molar-refractivity contribution in [1.29, 1.82) is 0 Å². The van der Waals surface area contributed by atoms with Gasteiger partial charge in [-0.3, -0.25) is 4.79 Å². The molecule has 1 fully saturated rings. The first-order valence-electron chi connectivity index (χ1n) is 6.34. The highest BCUT2D eigenvalue weighted by Gasteiger charge is 2.14. The second-order valence-electron chi connectivity index (χ2n) is 4.90. The van der Waals surface area contributed by atoms with Crippen LogP contribution >= 0.6 is 0 Å². The summed E-state index contributed by atoms with van der Waals surface area (Å²) in [4.78, 5) is 11.4. The number of hydrogen-bond donors (Lipinski definition) is 0. The van der Waals surface area contributed by atoms with E-state index in [9.17, 15) is 4.79 Å². The molecule has 0 amide bonds. The van der Waals surface area contributed by atoms with Crippen LogP contribution in [0.1, 0.15) is 58.8 Å². The third-order valence-corrected chi connectivity index (χ3v) is 3.16. The normalized spacial score (nSPS) is 19.9. The van der Waals surface area contributed by atoms with Gasteiger partial charge in [-0.1, -0.05) is 46.0 Å². The molecule has 0 N–H and O–H groups in total. The van der Waals surface area contributed by atoms with Gasteiger partial charge in [0.25, 0.3) is 0 Å². The summed E-state index contributed by atoms with van der Waals surface area (Å²) in [5.74, 6) is 0.343. The molecule has 0 saturated heterocycles. The summed E-state index contributed by atoms with van der Waals surface area (Å²) in [5, 5.41) is 0. The highest BCUT2D eigenvalue weighted by atomic mass is 16.5. The fourth-order valence-electron chi connectivity index (χ4n) is 1.95. The molecular weight excluding hydrogens is 188 g/mol. The van der Waals surface area contributed by atoms with Crippen LogP contribution in [0.25, 0.3) is 0 Å². The van der Waals surface area contributed by atoms with Gasteiger partial charge in [0, 0.05) is 5.92 Å². The molecule has 2 nitrogen and oxygen atoms in total. The molecule has 1 saturated carbocycles. The predicted molar refractivity (Wildman–Crippen MR) is 61.9 cm³/mol. The molecule has 0 radical (unpaired) electrons. The summed E-state index contributed by atoms with van der Waals surface area (Å²) in [7, 11) is 0. The lowest BCUT2D eigenvalue weighted by molar-refractivity contribution is -0.128. The maximum atomic E-state index is 11.4. The average Bonchev–Trinajstić information content (AvgIpc) is 2.15. The van der Waals surface area contributed by atoms with Crippen LogP contribution in [0.2, 0.25) is 0 Å². The first kappa shape index (κ1) is 12.7. The van der Waals surface area contributed by atoms with E-state index in [0.29, 0.717) is 12.7 Å². The molecule has 1 aliphatic carbocycles. The third-order valence-electron chi connectivity index (χ3n) is 3.16. The van der Waals surface area contributed by atoms with Gasteiger partial charge in [0.1, 0.15) is 6.61 Å². The van der Waals surface area contributed by atoms with E-state index in [4.69, 9.17) is 4.74 Å². The summed E-state index contributed by atoms with van der Waals surface area (Å²) in [6, 6.07) is 0. The van der Waals surface area contributed by atoms with Crippen molar-refractivity contribution in [3.8, 4) is 0 Å². The van der Waals surface area contributed by atoms with E-state index < -0.39 is 0 Å². The Morgan fingerprint density at radius 1 is 1.13 bits per heavy atom. The number of ether oxygens (including phenoxy) is 1. The van der Waals surface area contributed by atoms with E-state index in [0.717, 1.165) is 12.8 Å². The number of carbonyl (C=O) groups excluding carboxylic acids is 1. The molecule has 1 rings (SSSR count). The van der Waals surface area contributed by atoms with Gasteiger partial charge in [-0.05, 0) is 12.8 Å². The number of ketones is 1. The van der Waals surface area contributed by atoms with Gasteiger partial charge in [0.2, 0.25) is 0 Å². The van der Waals surface area contributed by atoms with Gasteiger partial charge >= 0.3 is 0 Å². The maximum Gasteiger partial charge on any atom is 0.160 e. The van der Waals surface area contributed by atoms with Crippen molar-refractivity contribution in [2.24, 2.45) is 5.92 Å². The third kappa shape index (κ3) is 5.31. The fourth-order valence-corrected chi connectivity index (χ4v) is 1.95. The van der Waals surface area contributed by atoms with Gasteiger partial charge in [-0.2, -0.15) is 0 Å². The van der Waals surface area contributed by atoms with E-state index in [-0.39, 0.29) is 11.7 Å². The molecule has 0 aromatic rings. The molecule has 0 atom stereocenters. The summed E-state index contributed by atoms with van der Waals surface area (Å²) in [6.45, 7) is 4.19. The van der Waals surface area contributed by atoms with Crippen molar-refractivity contribution in [2.75, 3.05) is 6.61 Å². The van der Waals surface area contributed by atoms with Gasteiger partial charge in [0.15, 0.2) is 5.78 Å². The molecule has 0 aliphatic heterocycles. The van der Waals surface area contributed by atoms with E-state index >= 15 is 0 Å². The molecule has 88 valence electrons. The minimum absolute atomic E-state index is 0.110. The van der Waals surface area contributed by atoms with Crippen molar-refractivity contribution >= 4 is 5.78 Å². The van der Waals surface area contributed by atoms with Crippen molar-refractivity contribution in [3.05, 3.63) is 0 Å². The van der Waals surface area contributed by atoms with Crippen LogP contribution < -0.4 is 0 Å². The zero-order valence-corrected chi connectivity index (χ0v) is 10.1. The second-order valence-corrected chi connectivity index (χ2v) is 4.90. The van der Waals surface area contributed by atoms with E-state index in [2.05, 4.69) is 0 Å². The van der Waals surface area contributed by atoms with Crippen LogP contribution in [-0.4, -0.2) is 18.5 Å². The Hall–Kier alpha value is -0.370. The summed E-state index contributed by atoms with van der Waals surface area (Å²) in [5.41, 5.74) is 0. The van der Waals surface area contributed by atoms with Crippen molar-refractivity contribution in [3.63, 3.8) is 0 Å². The monoisotopic (exact) mass is 212 g/mol. The fraction of sp³-hybridized carbons (Fsp3) is 0.923. The summed E-state index contributed by atoms with van der Waals surface area (Å²) < 4.78 is 5.69. The molecule has 0 heterocycles. The van der Waals surface area contributed by atoms with Crippen molar-refractivity contribution < 1.29 is 9.53 Å². The lowest BCUT2D eigenvalue weighted by atomic mass is 9.98. The van der Waals surface area contributed by atoms with Crippen LogP contribution in [0.3, 0.4) is 0 Å². The Balaban J connectivity index is 2.20. The summed E-state index contributed by atoms with van der Waals surface area (Å²) in [6.07, 6.45) is 9.19. The minimum atomic E-state index is 0.110. The maximum absolute atomic E-state index is 11.4. The largest absolute Gasteiger partial charge is 0.370 e. The van der Waals surface area contributed by atoms with E-state index in [1.807, 2.05) is 13.8 Å². The Morgan fingerprint density at radius 3 is 2.20 bits per heavy atom. The molecule has 0 spiro atoms. The Labute approximate surface area is 93.4 Å². The molecule has 2 heteroatoms. The second kappa shape index (κ2) is 7.00. The SMILES string of the molecule is CC(C)C(=O)COC1CCCCCCC1. The lowest BCUT2D eigenvalue weighted by Crippen LogP contribution is -2.22. The zero-order chi connectivity index (χ0) is 11.1. The number of carbonyl (C=O) groups is 1. The van der Waals surface area contributed by atoms with Gasteiger partial charge in [-0.15, -0.1) is 0 Å². The number of Topliss-reactive ketones (excluding diaryl/α,β-unsaturated/α-hetero) is 1. The van der Waals surface area contributed by atoms with Crippen LogP contribution in [0.4, 0.5) is 0 Å². The first-order valence-corrected chi connectivity index (χ1v) is 6.34. The van der Waals surface area contributed by atoms with E-state index in [1.165, 1.54) is 32.1 Å². The molecule has 0 bridgehead atoms. The first-order chi connectivity index (χ1) is 7.20. The Morgan fingerprint density at radius 2 is 1.67 bits per heavy atom. The highest BCUT2D eigenvalue weighted by molar-refractivity contribution is 5.81. The van der Waals surface area contributed by atoms with Crippen LogP contribution in [0, 0.1) is 5.92 Å². The van der Waals surface area contributed by atoms with Crippen LogP contribution in [-0.2, 0) is 9.53 Å². The molecule has 1 aliphatic rings. The Bertz CT molecular complexity index is 179. The number of rotatable bonds is 4. The molecule has 0 aromatic carbocycles. The van der Waals surface area contributed by atoms with Crippen molar-refractivity contribution in [2.45, 2.75) is 64.9 Å². The minimum Gasteiger partial charge on any atom is -0.370 e. The lowest BCUT2D eigenvalue weighted by Gasteiger charge is -2.20. The van der Waals surface area contributed by atoms with Gasteiger partial charge < -0.3 is 4.74 Å². The van der Waals surface area contributed by atoms with Crippen LogP contribution in [0.15, 0.2) is 0 Å². The molecule has 0 unspecified atom stereocenters. The average molecular weight is 212 g/mol. The van der Waals surface area contributed by atoms with Crippen LogP contribution in [0.5, 0.6) is 0 Å². The zero-order valence-electron chi connectivity index (χ0n) is 10.1. The smallest absolute Gasteiger partial charge is 0.160 e. The standard InChI is InChI=1S/C13H24O2/c1-11(2)13(14)10-15-12-8-6-4-3-5-7-9-12/h11-12H,3-10H2,1-2H3. The molecule has 15 heavy (non-hydrogen) atoms. The van der Waals surface area contributed by atoms with Gasteiger partial charge in [0.05, 0.1) is 6.10 Å². The number of hydrogen-bond acceptors (Lipinski definition) is 2. The molecule has 0 aromatic heterocycles.